The van der Waals surface area contributed by atoms with Crippen LogP contribution in [0.4, 0.5) is 4.79 Å². The maximum absolute atomic E-state index is 11.9. The smallest absolute Gasteiger partial charge is 0.407 e. The van der Waals surface area contributed by atoms with Crippen molar-refractivity contribution in [2.24, 2.45) is 0 Å². The number of nitrogens with one attached hydrogen (secondary N) is 1. The number of amides is 1. The van der Waals surface area contributed by atoms with Crippen LogP contribution in [0.25, 0.3) is 11.0 Å². The lowest BCUT2D eigenvalue weighted by Gasteiger charge is -2.19. The van der Waals surface area contributed by atoms with Gasteiger partial charge in [-0.05, 0) is 45.4 Å². The van der Waals surface area contributed by atoms with Gasteiger partial charge in [-0.2, -0.15) is 0 Å². The number of hydrogen-bond acceptors (Lipinski definition) is 4. The molecule has 0 spiro atoms. The van der Waals surface area contributed by atoms with E-state index in [4.69, 9.17) is 9.15 Å². The first-order chi connectivity index (χ1) is 10.2. The van der Waals surface area contributed by atoms with Crippen molar-refractivity contribution in [2.45, 2.75) is 32.8 Å². The zero-order valence-electron chi connectivity index (χ0n) is 12.7. The Morgan fingerprint density at radius 2 is 2.05 bits per heavy atom. The van der Waals surface area contributed by atoms with Gasteiger partial charge in [0, 0.05) is 22.0 Å². The molecule has 1 aromatic heterocycles. The lowest BCUT2D eigenvalue weighted by atomic mass is 10.1. The minimum Gasteiger partial charge on any atom is -0.444 e. The van der Waals surface area contributed by atoms with Gasteiger partial charge in [-0.15, -0.1) is 0 Å². The number of carbonyl (C=O) groups excluding carboxylic acids is 1. The molecule has 2 aromatic rings. The van der Waals surface area contributed by atoms with Gasteiger partial charge in [0.25, 0.3) is 0 Å². The second-order valence-electron chi connectivity index (χ2n) is 5.92. The van der Waals surface area contributed by atoms with Gasteiger partial charge in [-0.1, -0.05) is 22.0 Å². The molecule has 22 heavy (non-hydrogen) atoms. The Labute approximate surface area is 136 Å². The molecule has 0 aliphatic heterocycles. The van der Waals surface area contributed by atoms with Gasteiger partial charge in [0.05, 0.1) is 0 Å². The van der Waals surface area contributed by atoms with E-state index < -0.39 is 17.3 Å². The van der Waals surface area contributed by atoms with Gasteiger partial charge in [-0.3, -0.25) is 0 Å². The topological polar surface area (TPSA) is 68.5 Å². The fourth-order valence-electron chi connectivity index (χ4n) is 1.92. The molecule has 1 amide bonds. The number of ether oxygens (including phenoxy) is 1. The average Bonchev–Trinajstić information content (AvgIpc) is 2.37. The van der Waals surface area contributed by atoms with Crippen molar-refractivity contribution >= 4 is 33.0 Å². The molecule has 2 rings (SSSR count). The van der Waals surface area contributed by atoms with E-state index in [-0.39, 0.29) is 0 Å². The van der Waals surface area contributed by atoms with Gasteiger partial charge < -0.3 is 14.5 Å². The summed E-state index contributed by atoms with van der Waals surface area (Å²) >= 11 is 3.33. The van der Waals surface area contributed by atoms with E-state index >= 15 is 0 Å². The lowest BCUT2D eigenvalue weighted by Crippen LogP contribution is -2.34. The van der Waals surface area contributed by atoms with Crippen molar-refractivity contribution in [1.82, 2.24) is 5.32 Å². The van der Waals surface area contributed by atoms with E-state index in [1.54, 1.807) is 32.9 Å². The van der Waals surface area contributed by atoms with Crippen molar-refractivity contribution in [3.8, 4) is 0 Å². The van der Waals surface area contributed by atoms with Gasteiger partial charge in [0.15, 0.2) is 0 Å². The Morgan fingerprint density at radius 1 is 1.32 bits per heavy atom. The summed E-state index contributed by atoms with van der Waals surface area (Å²) in [7, 11) is 0. The maximum Gasteiger partial charge on any atom is 0.407 e. The fourth-order valence-corrected chi connectivity index (χ4v) is 2.26. The molecule has 0 aliphatic rings. The van der Waals surface area contributed by atoms with E-state index in [1.807, 2.05) is 12.1 Å². The van der Waals surface area contributed by atoms with Crippen LogP contribution < -0.4 is 10.9 Å². The second kappa shape index (κ2) is 6.52. The molecule has 0 bridgehead atoms. The molecule has 0 aliphatic carbocycles. The Balaban J connectivity index is 2.03. The highest BCUT2D eigenvalue weighted by atomic mass is 79.9. The van der Waals surface area contributed by atoms with Crippen molar-refractivity contribution < 1.29 is 13.9 Å². The number of fused-ring (bicyclic) bond motifs is 1. The van der Waals surface area contributed by atoms with Crippen LogP contribution >= 0.6 is 15.9 Å². The standard InChI is InChI=1S/C16H18BrNO4/c1-16(2,3)22-15(20)18-7-6-11-8-10-4-5-12(17)9-13(10)21-14(11)19/h4-5,8-9H,6-7H2,1-3H3,(H,18,20). The Hall–Kier alpha value is -1.82. The predicted molar refractivity (Wildman–Crippen MR) is 88.1 cm³/mol. The monoisotopic (exact) mass is 367 g/mol. The summed E-state index contributed by atoms with van der Waals surface area (Å²) < 4.78 is 11.3. The molecule has 0 saturated heterocycles. The van der Waals surface area contributed by atoms with Gasteiger partial charge in [0.2, 0.25) is 0 Å². The molecule has 5 nitrogen and oxygen atoms in total. The van der Waals surface area contributed by atoms with Crippen LogP contribution in [-0.2, 0) is 11.2 Å². The summed E-state index contributed by atoms with van der Waals surface area (Å²) in [5.74, 6) is 0. The van der Waals surface area contributed by atoms with Crippen molar-refractivity contribution in [2.75, 3.05) is 6.54 Å². The molecule has 0 saturated carbocycles. The minimum atomic E-state index is -0.542. The van der Waals surface area contributed by atoms with Crippen LogP contribution in [0, 0.1) is 0 Å². The molecule has 118 valence electrons. The molecule has 1 aromatic carbocycles. The van der Waals surface area contributed by atoms with Crippen molar-refractivity contribution in [3.05, 3.63) is 44.7 Å². The highest BCUT2D eigenvalue weighted by molar-refractivity contribution is 9.10. The van der Waals surface area contributed by atoms with Gasteiger partial charge in [0.1, 0.15) is 11.2 Å². The summed E-state index contributed by atoms with van der Waals surface area (Å²) in [5.41, 5.74) is 0.116. The fraction of sp³-hybridized carbons (Fsp3) is 0.375. The number of benzene rings is 1. The number of carbonyl (C=O) groups is 1. The van der Waals surface area contributed by atoms with Crippen LogP contribution in [0.3, 0.4) is 0 Å². The third-order valence-corrected chi connectivity index (χ3v) is 3.33. The highest BCUT2D eigenvalue weighted by Gasteiger charge is 2.15. The summed E-state index contributed by atoms with van der Waals surface area (Å²) in [5, 5.41) is 3.47. The molecule has 0 radical (unpaired) electrons. The van der Waals surface area contributed by atoms with Crippen molar-refractivity contribution in [1.29, 1.82) is 0 Å². The van der Waals surface area contributed by atoms with E-state index in [2.05, 4.69) is 21.2 Å². The zero-order valence-corrected chi connectivity index (χ0v) is 14.3. The molecule has 0 unspecified atom stereocenters. The third kappa shape index (κ3) is 4.59. The third-order valence-electron chi connectivity index (χ3n) is 2.83. The van der Waals surface area contributed by atoms with Crippen molar-refractivity contribution in [3.63, 3.8) is 0 Å². The minimum absolute atomic E-state index is 0.307. The van der Waals surface area contributed by atoms with Crippen LogP contribution in [0.5, 0.6) is 0 Å². The average molecular weight is 368 g/mol. The van der Waals surface area contributed by atoms with Gasteiger partial charge in [-0.25, -0.2) is 9.59 Å². The van der Waals surface area contributed by atoms with E-state index in [9.17, 15) is 9.59 Å². The number of rotatable bonds is 3. The summed E-state index contributed by atoms with van der Waals surface area (Å²) in [6.07, 6.45) is -0.116. The summed E-state index contributed by atoms with van der Waals surface area (Å²) in [4.78, 5) is 23.5. The predicted octanol–water partition coefficient (Wildman–Crippen LogP) is 3.62. The number of alkyl carbamates (subject to hydrolysis) is 1. The van der Waals surface area contributed by atoms with E-state index in [0.717, 1.165) is 9.86 Å². The summed E-state index contributed by atoms with van der Waals surface area (Å²) in [6.45, 7) is 5.69. The Morgan fingerprint density at radius 3 is 2.73 bits per heavy atom. The van der Waals surface area contributed by atoms with Crippen LogP contribution in [0.1, 0.15) is 26.3 Å². The molecule has 6 heteroatoms. The Kier molecular flexibility index (Phi) is 4.90. The summed E-state index contributed by atoms with van der Waals surface area (Å²) in [6, 6.07) is 7.28. The van der Waals surface area contributed by atoms with E-state index in [0.29, 0.717) is 24.1 Å². The normalized spacial score (nSPS) is 11.5. The lowest BCUT2D eigenvalue weighted by molar-refractivity contribution is 0.0528. The second-order valence-corrected chi connectivity index (χ2v) is 6.84. The maximum atomic E-state index is 11.9. The van der Waals surface area contributed by atoms with Crippen LogP contribution in [-0.4, -0.2) is 18.2 Å². The Bertz CT molecular complexity index is 746. The first kappa shape index (κ1) is 16.5. The quantitative estimate of drug-likeness (QED) is 0.841. The molecule has 1 N–H and O–H groups in total. The molecule has 0 atom stereocenters. The number of hydrogen-bond donors (Lipinski definition) is 1. The van der Waals surface area contributed by atoms with Crippen LogP contribution in [0.15, 0.2) is 37.9 Å². The largest absolute Gasteiger partial charge is 0.444 e. The number of halogens is 1. The SMILES string of the molecule is CC(C)(C)OC(=O)NCCc1cc2ccc(Br)cc2oc1=O. The molecule has 1 heterocycles. The molecule has 0 fully saturated rings. The van der Waals surface area contributed by atoms with Gasteiger partial charge >= 0.3 is 11.7 Å². The first-order valence-corrected chi connectivity index (χ1v) is 7.73. The highest BCUT2D eigenvalue weighted by Crippen LogP contribution is 2.19. The first-order valence-electron chi connectivity index (χ1n) is 6.94. The zero-order chi connectivity index (χ0) is 16.3. The molecular formula is C16H18BrNO4. The van der Waals surface area contributed by atoms with Crippen LogP contribution in [0.2, 0.25) is 0 Å². The van der Waals surface area contributed by atoms with E-state index in [1.165, 1.54) is 0 Å². The molecular weight excluding hydrogens is 350 g/mol.